The first-order valence-corrected chi connectivity index (χ1v) is 9.11. The maximum absolute atomic E-state index is 11.9. The molecule has 7 nitrogen and oxygen atoms in total. The molecule has 0 aliphatic heterocycles. The molecule has 0 saturated heterocycles. The molecule has 7 heteroatoms. The normalized spacial score (nSPS) is 10.2. The van der Waals surface area contributed by atoms with Gasteiger partial charge in [0, 0.05) is 19.3 Å². The van der Waals surface area contributed by atoms with Crippen molar-refractivity contribution in [2.45, 2.75) is 19.8 Å². The number of rotatable bonds is 10. The molecule has 27 heavy (non-hydrogen) atoms. The summed E-state index contributed by atoms with van der Waals surface area (Å²) in [6.45, 7) is 4.92. The molecule has 2 rings (SSSR count). The van der Waals surface area contributed by atoms with Crippen LogP contribution in [0.4, 0.5) is 11.5 Å². The van der Waals surface area contributed by atoms with Crippen LogP contribution in [0.3, 0.4) is 0 Å². The molecular formula is C20H26N6O. The van der Waals surface area contributed by atoms with Gasteiger partial charge in [-0.3, -0.25) is 4.79 Å². The van der Waals surface area contributed by atoms with E-state index in [1.54, 1.807) is 6.07 Å². The van der Waals surface area contributed by atoms with Crippen molar-refractivity contribution in [3.63, 3.8) is 0 Å². The number of hydrogen-bond donors (Lipinski definition) is 4. The highest BCUT2D eigenvalue weighted by molar-refractivity contribution is 5.95. The minimum atomic E-state index is -0.155. The third-order valence-corrected chi connectivity index (χ3v) is 4.04. The molecule has 0 aliphatic rings. The lowest BCUT2D eigenvalue weighted by molar-refractivity contribution is 0.0955. The van der Waals surface area contributed by atoms with Crippen LogP contribution in [0.5, 0.6) is 0 Å². The molecule has 0 saturated carbocycles. The number of anilines is 2. The fourth-order valence-corrected chi connectivity index (χ4v) is 2.54. The van der Waals surface area contributed by atoms with Crippen molar-refractivity contribution in [2.24, 2.45) is 0 Å². The topological polar surface area (TPSA) is 116 Å². The number of hydrogen-bond acceptors (Lipinski definition) is 6. The summed E-state index contributed by atoms with van der Waals surface area (Å²) >= 11 is 0. The minimum Gasteiger partial charge on any atom is -0.382 e. The van der Waals surface area contributed by atoms with Gasteiger partial charge in [0.25, 0.3) is 5.91 Å². The largest absolute Gasteiger partial charge is 0.382 e. The van der Waals surface area contributed by atoms with E-state index >= 15 is 0 Å². The Kier molecular flexibility index (Phi) is 8.07. The van der Waals surface area contributed by atoms with Crippen molar-refractivity contribution < 1.29 is 4.79 Å². The first-order chi connectivity index (χ1) is 13.1. The van der Waals surface area contributed by atoms with Crippen LogP contribution in [-0.2, 0) is 6.42 Å². The second-order valence-electron chi connectivity index (χ2n) is 6.11. The number of carbonyl (C=O) groups is 1. The molecule has 142 valence electrons. The number of carbonyl (C=O) groups excluding carboxylic acids is 1. The molecule has 1 amide bonds. The van der Waals surface area contributed by atoms with E-state index in [1.165, 1.54) is 11.8 Å². The van der Waals surface area contributed by atoms with Gasteiger partial charge in [0.15, 0.2) is 0 Å². The van der Waals surface area contributed by atoms with E-state index in [1.807, 2.05) is 31.2 Å². The molecule has 5 N–H and O–H groups in total. The van der Waals surface area contributed by atoms with Gasteiger partial charge < -0.3 is 21.7 Å². The molecule has 1 aromatic carbocycles. The highest BCUT2D eigenvalue weighted by Gasteiger charge is 2.08. The lowest BCUT2D eigenvalue weighted by Gasteiger charge is -2.11. The third-order valence-electron chi connectivity index (χ3n) is 4.04. The highest BCUT2D eigenvalue weighted by atomic mass is 16.1. The number of nitrogens with two attached hydrogens (primary N) is 1. The van der Waals surface area contributed by atoms with Gasteiger partial charge in [-0.1, -0.05) is 12.1 Å². The average Bonchev–Trinajstić information content (AvgIpc) is 2.69. The lowest BCUT2D eigenvalue weighted by Crippen LogP contribution is -2.23. The summed E-state index contributed by atoms with van der Waals surface area (Å²) in [5.41, 5.74) is 8.93. The predicted octanol–water partition coefficient (Wildman–Crippen LogP) is 1.92. The Morgan fingerprint density at radius 3 is 2.70 bits per heavy atom. The Labute approximate surface area is 160 Å². The van der Waals surface area contributed by atoms with Crippen LogP contribution in [0, 0.1) is 11.3 Å². The maximum atomic E-state index is 11.9. The van der Waals surface area contributed by atoms with Gasteiger partial charge in [-0.15, -0.1) is 0 Å². The second-order valence-corrected chi connectivity index (χ2v) is 6.11. The summed E-state index contributed by atoms with van der Waals surface area (Å²) in [5, 5.41) is 18.2. The smallest absolute Gasteiger partial charge is 0.252 e. The molecule has 0 radical (unpaired) electrons. The molecular weight excluding hydrogens is 340 g/mol. The third kappa shape index (κ3) is 6.60. The van der Waals surface area contributed by atoms with E-state index in [0.717, 1.165) is 32.5 Å². The maximum Gasteiger partial charge on any atom is 0.252 e. The quantitative estimate of drug-likeness (QED) is 0.478. The number of nitrogens with zero attached hydrogens (tertiary/aromatic N) is 2. The van der Waals surface area contributed by atoms with E-state index in [0.29, 0.717) is 29.2 Å². The molecule has 0 atom stereocenters. The van der Waals surface area contributed by atoms with Crippen molar-refractivity contribution in [1.29, 1.82) is 5.26 Å². The highest BCUT2D eigenvalue weighted by Crippen LogP contribution is 2.17. The van der Waals surface area contributed by atoms with Gasteiger partial charge in [0.05, 0.1) is 22.9 Å². The Bertz CT molecular complexity index is 782. The molecule has 2 aromatic rings. The number of pyridine rings is 1. The summed E-state index contributed by atoms with van der Waals surface area (Å²) in [6.07, 6.45) is 3.32. The summed E-state index contributed by atoms with van der Waals surface area (Å²) in [5.74, 6) is 0.231. The van der Waals surface area contributed by atoms with E-state index < -0.39 is 0 Å². The van der Waals surface area contributed by atoms with Crippen LogP contribution < -0.4 is 21.7 Å². The van der Waals surface area contributed by atoms with Crippen molar-refractivity contribution in [3.8, 4) is 6.07 Å². The standard InChI is InChI=1S/C20H26N6O/c1-2-24-20(27)17-12-18(19(22)26-14-17)25-10-3-9-23-11-8-15-4-6-16(13-21)7-5-15/h4-7,12,14,23,25H,2-3,8-11H2,1H3,(H2,22,26)(H,24,27). The summed E-state index contributed by atoms with van der Waals surface area (Å²) in [7, 11) is 0. The zero-order chi connectivity index (χ0) is 19.5. The van der Waals surface area contributed by atoms with E-state index in [4.69, 9.17) is 11.0 Å². The van der Waals surface area contributed by atoms with Crippen molar-refractivity contribution in [1.82, 2.24) is 15.6 Å². The number of nitriles is 1. The Balaban J connectivity index is 1.67. The Morgan fingerprint density at radius 2 is 2.00 bits per heavy atom. The molecule has 0 spiro atoms. The molecule has 0 aliphatic carbocycles. The number of benzene rings is 1. The predicted molar refractivity (Wildman–Crippen MR) is 107 cm³/mol. The fraction of sp³-hybridized carbons (Fsp3) is 0.350. The van der Waals surface area contributed by atoms with Crippen LogP contribution in [0.25, 0.3) is 0 Å². The van der Waals surface area contributed by atoms with E-state index in [2.05, 4.69) is 27.0 Å². The number of amides is 1. The average molecular weight is 366 g/mol. The van der Waals surface area contributed by atoms with Crippen LogP contribution in [0.15, 0.2) is 36.5 Å². The van der Waals surface area contributed by atoms with Crippen LogP contribution in [0.1, 0.15) is 34.8 Å². The van der Waals surface area contributed by atoms with Crippen molar-refractivity contribution >= 4 is 17.4 Å². The van der Waals surface area contributed by atoms with Gasteiger partial charge in [-0.25, -0.2) is 4.98 Å². The number of aromatic nitrogens is 1. The van der Waals surface area contributed by atoms with Crippen LogP contribution in [-0.4, -0.2) is 37.1 Å². The number of nitrogen functional groups attached to an aromatic ring is 1. The van der Waals surface area contributed by atoms with Crippen molar-refractivity contribution in [3.05, 3.63) is 53.2 Å². The SMILES string of the molecule is CCNC(=O)c1cnc(N)c(NCCCNCCc2ccc(C#N)cc2)c1. The van der Waals surface area contributed by atoms with Crippen LogP contribution >= 0.6 is 0 Å². The molecule has 0 fully saturated rings. The summed E-state index contributed by atoms with van der Waals surface area (Å²) in [6, 6.07) is 11.5. The summed E-state index contributed by atoms with van der Waals surface area (Å²) in [4.78, 5) is 15.9. The number of nitrogens with one attached hydrogen (secondary N) is 3. The fourth-order valence-electron chi connectivity index (χ4n) is 2.54. The first kappa shape index (κ1) is 20.2. The minimum absolute atomic E-state index is 0.155. The van der Waals surface area contributed by atoms with E-state index in [9.17, 15) is 4.79 Å². The Hall–Kier alpha value is -3.11. The molecule has 0 unspecified atom stereocenters. The zero-order valence-corrected chi connectivity index (χ0v) is 15.6. The lowest BCUT2D eigenvalue weighted by atomic mass is 10.1. The first-order valence-electron chi connectivity index (χ1n) is 9.11. The van der Waals surface area contributed by atoms with Gasteiger partial charge in [-0.2, -0.15) is 5.26 Å². The monoisotopic (exact) mass is 366 g/mol. The van der Waals surface area contributed by atoms with Gasteiger partial charge in [0.2, 0.25) is 0 Å². The van der Waals surface area contributed by atoms with Crippen molar-refractivity contribution in [2.75, 3.05) is 37.2 Å². The van der Waals surface area contributed by atoms with Crippen LogP contribution in [0.2, 0.25) is 0 Å². The molecule has 0 bridgehead atoms. The molecule has 1 heterocycles. The van der Waals surface area contributed by atoms with E-state index in [-0.39, 0.29) is 5.91 Å². The second kappa shape index (κ2) is 10.8. The van der Waals surface area contributed by atoms with Gasteiger partial charge >= 0.3 is 0 Å². The van der Waals surface area contributed by atoms with Gasteiger partial charge in [-0.05, 0) is 56.6 Å². The molecule has 1 aromatic heterocycles. The Morgan fingerprint density at radius 1 is 1.22 bits per heavy atom. The summed E-state index contributed by atoms with van der Waals surface area (Å²) < 4.78 is 0. The zero-order valence-electron chi connectivity index (χ0n) is 15.6. The van der Waals surface area contributed by atoms with Gasteiger partial charge in [0.1, 0.15) is 5.82 Å².